The molecule has 2 rings (SSSR count). The zero-order chi connectivity index (χ0) is 11.4. The first kappa shape index (κ1) is 10.7. The molecule has 0 amide bonds. The van der Waals surface area contributed by atoms with Crippen LogP contribution in [-0.2, 0) is 6.61 Å². The minimum atomic E-state index is -0.0564. The van der Waals surface area contributed by atoms with E-state index in [9.17, 15) is 0 Å². The van der Waals surface area contributed by atoms with Crippen LogP contribution in [0.15, 0.2) is 41.1 Å². The maximum absolute atomic E-state index is 5.70. The summed E-state index contributed by atoms with van der Waals surface area (Å²) in [6.45, 7) is 2.30. The Morgan fingerprint density at radius 1 is 1.44 bits per heavy atom. The van der Waals surface area contributed by atoms with E-state index in [0.717, 1.165) is 11.5 Å². The van der Waals surface area contributed by atoms with Crippen LogP contribution < -0.4 is 10.5 Å². The van der Waals surface area contributed by atoms with Crippen molar-refractivity contribution >= 4 is 0 Å². The van der Waals surface area contributed by atoms with Gasteiger partial charge in [-0.2, -0.15) is 0 Å². The lowest BCUT2D eigenvalue weighted by atomic mass is 10.2. The van der Waals surface area contributed by atoms with Gasteiger partial charge in [-0.25, -0.2) is 0 Å². The third-order valence-electron chi connectivity index (χ3n) is 2.19. The first-order valence-corrected chi connectivity index (χ1v) is 5.12. The number of hydrogen-bond donors (Lipinski definition) is 1. The topological polar surface area (TPSA) is 61.3 Å². The molecule has 0 radical (unpaired) electrons. The van der Waals surface area contributed by atoms with Crippen LogP contribution in [0.1, 0.15) is 24.4 Å². The molecule has 2 heterocycles. The molecular weight excluding hydrogens is 204 g/mol. The molecule has 0 saturated heterocycles. The van der Waals surface area contributed by atoms with E-state index in [0.29, 0.717) is 12.4 Å². The van der Waals surface area contributed by atoms with Gasteiger partial charge in [-0.1, -0.05) is 0 Å². The molecule has 84 valence electrons. The average molecular weight is 218 g/mol. The summed E-state index contributed by atoms with van der Waals surface area (Å²) in [4.78, 5) is 4.20. The predicted molar refractivity (Wildman–Crippen MR) is 59.9 cm³/mol. The molecule has 0 aliphatic carbocycles. The van der Waals surface area contributed by atoms with E-state index in [-0.39, 0.29) is 6.04 Å². The van der Waals surface area contributed by atoms with E-state index in [2.05, 4.69) is 4.98 Å². The molecule has 0 aliphatic rings. The van der Waals surface area contributed by atoms with E-state index in [1.165, 1.54) is 0 Å². The standard InChI is InChI=1S/C12H14N2O2/c1-9(13)12-5-4-10(7-14-12)16-8-11-3-2-6-15-11/h2-7,9H,8,13H2,1H3/t9-/m0/s1. The van der Waals surface area contributed by atoms with Gasteiger partial charge in [0.05, 0.1) is 18.2 Å². The smallest absolute Gasteiger partial charge is 0.146 e. The Labute approximate surface area is 94.1 Å². The highest BCUT2D eigenvalue weighted by Gasteiger charge is 2.02. The molecule has 0 spiro atoms. The van der Waals surface area contributed by atoms with Crippen molar-refractivity contribution in [1.29, 1.82) is 0 Å². The van der Waals surface area contributed by atoms with Crippen LogP contribution in [0.4, 0.5) is 0 Å². The third kappa shape index (κ3) is 2.61. The normalized spacial score (nSPS) is 12.4. The lowest BCUT2D eigenvalue weighted by molar-refractivity contribution is 0.269. The maximum Gasteiger partial charge on any atom is 0.146 e. The molecule has 2 aromatic rings. The van der Waals surface area contributed by atoms with Crippen LogP contribution in [0.5, 0.6) is 5.75 Å². The molecule has 4 heteroatoms. The van der Waals surface area contributed by atoms with E-state index in [4.69, 9.17) is 14.9 Å². The van der Waals surface area contributed by atoms with E-state index in [1.807, 2.05) is 31.2 Å². The van der Waals surface area contributed by atoms with Crippen molar-refractivity contribution < 1.29 is 9.15 Å². The Kier molecular flexibility index (Phi) is 3.22. The van der Waals surface area contributed by atoms with Gasteiger partial charge in [0.2, 0.25) is 0 Å². The zero-order valence-corrected chi connectivity index (χ0v) is 9.09. The molecule has 0 aromatic carbocycles. The fourth-order valence-corrected chi connectivity index (χ4v) is 1.30. The third-order valence-corrected chi connectivity index (χ3v) is 2.19. The molecule has 0 aliphatic heterocycles. The van der Waals surface area contributed by atoms with Crippen LogP contribution >= 0.6 is 0 Å². The molecule has 0 saturated carbocycles. The second kappa shape index (κ2) is 4.81. The van der Waals surface area contributed by atoms with Crippen LogP contribution in [0, 0.1) is 0 Å². The number of rotatable bonds is 4. The summed E-state index contributed by atoms with van der Waals surface area (Å²) < 4.78 is 10.6. The van der Waals surface area contributed by atoms with Crippen LogP contribution in [0.25, 0.3) is 0 Å². The van der Waals surface area contributed by atoms with E-state index in [1.54, 1.807) is 12.5 Å². The zero-order valence-electron chi connectivity index (χ0n) is 9.09. The Hall–Kier alpha value is -1.81. The van der Waals surface area contributed by atoms with Gasteiger partial charge in [0.15, 0.2) is 0 Å². The minimum Gasteiger partial charge on any atom is -0.484 e. The lowest BCUT2D eigenvalue weighted by Crippen LogP contribution is -2.07. The van der Waals surface area contributed by atoms with Crippen molar-refractivity contribution in [2.75, 3.05) is 0 Å². The number of furan rings is 1. The molecule has 0 bridgehead atoms. The Morgan fingerprint density at radius 3 is 2.88 bits per heavy atom. The largest absolute Gasteiger partial charge is 0.484 e. The quantitative estimate of drug-likeness (QED) is 0.855. The van der Waals surface area contributed by atoms with Crippen molar-refractivity contribution in [2.24, 2.45) is 5.73 Å². The number of nitrogens with two attached hydrogens (primary N) is 1. The molecule has 2 aromatic heterocycles. The lowest BCUT2D eigenvalue weighted by Gasteiger charge is -2.06. The highest BCUT2D eigenvalue weighted by atomic mass is 16.5. The molecule has 2 N–H and O–H groups in total. The minimum absolute atomic E-state index is 0.0564. The van der Waals surface area contributed by atoms with Crippen molar-refractivity contribution in [3.63, 3.8) is 0 Å². The van der Waals surface area contributed by atoms with Crippen LogP contribution in [-0.4, -0.2) is 4.98 Å². The molecule has 1 atom stereocenters. The van der Waals surface area contributed by atoms with Gasteiger partial charge >= 0.3 is 0 Å². The second-order valence-electron chi connectivity index (χ2n) is 3.58. The van der Waals surface area contributed by atoms with Crippen molar-refractivity contribution in [3.05, 3.63) is 48.2 Å². The summed E-state index contributed by atoms with van der Waals surface area (Å²) in [6, 6.07) is 7.36. The van der Waals surface area contributed by atoms with Gasteiger partial charge < -0.3 is 14.9 Å². The summed E-state index contributed by atoms with van der Waals surface area (Å²) in [6.07, 6.45) is 3.29. The number of hydrogen-bond acceptors (Lipinski definition) is 4. The highest BCUT2D eigenvalue weighted by molar-refractivity contribution is 5.21. The summed E-state index contributed by atoms with van der Waals surface area (Å²) in [5, 5.41) is 0. The summed E-state index contributed by atoms with van der Waals surface area (Å²) in [5.74, 6) is 1.50. The number of aromatic nitrogens is 1. The number of nitrogens with zero attached hydrogens (tertiary/aromatic N) is 1. The Morgan fingerprint density at radius 2 is 2.31 bits per heavy atom. The monoisotopic (exact) mass is 218 g/mol. The average Bonchev–Trinajstić information content (AvgIpc) is 2.80. The molecule has 0 unspecified atom stereocenters. The van der Waals surface area contributed by atoms with Crippen molar-refractivity contribution in [1.82, 2.24) is 4.98 Å². The summed E-state index contributed by atoms with van der Waals surface area (Å²) >= 11 is 0. The maximum atomic E-state index is 5.70. The fourth-order valence-electron chi connectivity index (χ4n) is 1.30. The van der Waals surface area contributed by atoms with Gasteiger partial charge in [0, 0.05) is 6.04 Å². The summed E-state index contributed by atoms with van der Waals surface area (Å²) in [7, 11) is 0. The van der Waals surface area contributed by atoms with Gasteiger partial charge in [0.25, 0.3) is 0 Å². The highest BCUT2D eigenvalue weighted by Crippen LogP contribution is 2.14. The summed E-state index contributed by atoms with van der Waals surface area (Å²) in [5.41, 5.74) is 6.55. The Balaban J connectivity index is 1.95. The number of pyridine rings is 1. The van der Waals surface area contributed by atoms with Gasteiger partial charge in [-0.05, 0) is 31.2 Å². The second-order valence-corrected chi connectivity index (χ2v) is 3.58. The fraction of sp³-hybridized carbons (Fsp3) is 0.250. The first-order valence-electron chi connectivity index (χ1n) is 5.12. The van der Waals surface area contributed by atoms with Crippen LogP contribution in [0.3, 0.4) is 0 Å². The van der Waals surface area contributed by atoms with Gasteiger partial charge in [-0.3, -0.25) is 4.98 Å². The number of ether oxygens (including phenoxy) is 1. The van der Waals surface area contributed by atoms with E-state index < -0.39 is 0 Å². The predicted octanol–water partition coefficient (Wildman–Crippen LogP) is 2.27. The molecular formula is C12H14N2O2. The Bertz CT molecular complexity index is 421. The van der Waals surface area contributed by atoms with Crippen LogP contribution in [0.2, 0.25) is 0 Å². The van der Waals surface area contributed by atoms with Gasteiger partial charge in [0.1, 0.15) is 18.1 Å². The first-order chi connectivity index (χ1) is 7.75. The molecule has 4 nitrogen and oxygen atoms in total. The van der Waals surface area contributed by atoms with E-state index >= 15 is 0 Å². The SMILES string of the molecule is C[C@H](N)c1ccc(OCc2ccco2)cn1. The van der Waals surface area contributed by atoms with Gasteiger partial charge in [-0.15, -0.1) is 0 Å². The van der Waals surface area contributed by atoms with Crippen molar-refractivity contribution in [3.8, 4) is 5.75 Å². The molecule has 0 fully saturated rings. The van der Waals surface area contributed by atoms with Crippen molar-refractivity contribution in [2.45, 2.75) is 19.6 Å². The molecule has 16 heavy (non-hydrogen) atoms.